The first kappa shape index (κ1) is 21.4. The lowest BCUT2D eigenvalue weighted by Gasteiger charge is -2.26. The summed E-state index contributed by atoms with van der Waals surface area (Å²) in [5.74, 6) is 0.309. The van der Waals surface area contributed by atoms with E-state index in [4.69, 9.17) is 14.2 Å². The van der Waals surface area contributed by atoms with E-state index in [1.54, 1.807) is 12.1 Å². The molecule has 2 aliphatic heterocycles. The molecule has 1 aromatic rings. The van der Waals surface area contributed by atoms with Crippen molar-refractivity contribution >= 4 is 17.5 Å². The average Bonchev–Trinajstić information content (AvgIpc) is 3.29. The molecule has 2 heterocycles. The van der Waals surface area contributed by atoms with Crippen LogP contribution in [-0.4, -0.2) is 69.8 Å². The Bertz CT molecular complexity index is 713. The van der Waals surface area contributed by atoms with Gasteiger partial charge in [-0.05, 0) is 50.9 Å². The molecular weight excluding hydrogens is 374 g/mol. The first-order chi connectivity index (χ1) is 14.1. The highest BCUT2D eigenvalue weighted by molar-refractivity contribution is 6.00. The summed E-state index contributed by atoms with van der Waals surface area (Å²) in [5.41, 5.74) is 0.803. The van der Waals surface area contributed by atoms with Gasteiger partial charge in [0.1, 0.15) is 6.10 Å². The second kappa shape index (κ2) is 10.5. The van der Waals surface area contributed by atoms with Crippen LogP contribution in [0.4, 0.5) is 5.69 Å². The Labute approximate surface area is 171 Å². The fraction of sp³-hybridized carbons (Fsp3) is 0.619. The number of hydrogen-bond donors (Lipinski definition) is 2. The SMILES string of the molecule is COc1cc(C(=O)NCCN2CCCCC2)cc(NC(=O)C2CCCO2)c1OC. The number of carbonyl (C=O) groups excluding carboxylic acids is 2. The monoisotopic (exact) mass is 405 g/mol. The number of nitrogens with zero attached hydrogens (tertiary/aromatic N) is 1. The van der Waals surface area contributed by atoms with Crippen LogP contribution in [0.2, 0.25) is 0 Å². The number of anilines is 1. The van der Waals surface area contributed by atoms with Gasteiger partial charge in [-0.2, -0.15) is 0 Å². The Kier molecular flexibility index (Phi) is 7.71. The molecule has 3 rings (SSSR count). The molecular formula is C21H31N3O5. The molecule has 1 atom stereocenters. The van der Waals surface area contributed by atoms with Crippen LogP contribution in [0.3, 0.4) is 0 Å². The van der Waals surface area contributed by atoms with Gasteiger partial charge in [0.2, 0.25) is 0 Å². The molecule has 2 aliphatic rings. The molecule has 0 saturated carbocycles. The summed E-state index contributed by atoms with van der Waals surface area (Å²) in [4.78, 5) is 27.5. The van der Waals surface area contributed by atoms with Crippen LogP contribution in [0.25, 0.3) is 0 Å². The first-order valence-corrected chi connectivity index (χ1v) is 10.3. The van der Waals surface area contributed by atoms with Crippen LogP contribution in [0.1, 0.15) is 42.5 Å². The minimum absolute atomic E-state index is 0.212. The van der Waals surface area contributed by atoms with Crippen LogP contribution >= 0.6 is 0 Å². The van der Waals surface area contributed by atoms with Crippen molar-refractivity contribution < 1.29 is 23.8 Å². The van der Waals surface area contributed by atoms with Crippen molar-refractivity contribution in [3.63, 3.8) is 0 Å². The van der Waals surface area contributed by atoms with Gasteiger partial charge in [0, 0.05) is 25.3 Å². The predicted molar refractivity (Wildman–Crippen MR) is 110 cm³/mol. The predicted octanol–water partition coefficient (Wildman–Crippen LogP) is 2.04. The minimum atomic E-state index is -0.479. The first-order valence-electron chi connectivity index (χ1n) is 10.3. The normalized spacial score (nSPS) is 19.6. The second-order valence-corrected chi connectivity index (χ2v) is 7.41. The maximum atomic E-state index is 12.7. The molecule has 0 spiro atoms. The zero-order valence-electron chi connectivity index (χ0n) is 17.3. The zero-order valence-corrected chi connectivity index (χ0v) is 17.3. The summed E-state index contributed by atoms with van der Waals surface area (Å²) in [6.45, 7) is 4.17. The summed E-state index contributed by atoms with van der Waals surface area (Å²) in [6.07, 6.45) is 4.79. The number of piperidine rings is 1. The van der Waals surface area contributed by atoms with E-state index in [0.717, 1.165) is 26.1 Å². The lowest BCUT2D eigenvalue weighted by atomic mass is 10.1. The van der Waals surface area contributed by atoms with E-state index in [9.17, 15) is 9.59 Å². The quantitative estimate of drug-likeness (QED) is 0.688. The summed E-state index contributed by atoms with van der Waals surface area (Å²) >= 11 is 0. The molecule has 0 aromatic heterocycles. The molecule has 8 heteroatoms. The molecule has 0 aliphatic carbocycles. The van der Waals surface area contributed by atoms with E-state index in [-0.39, 0.29) is 11.8 Å². The number of likely N-dealkylation sites (tertiary alicyclic amines) is 1. The molecule has 1 unspecified atom stereocenters. The van der Waals surface area contributed by atoms with Crippen LogP contribution in [0, 0.1) is 0 Å². The maximum Gasteiger partial charge on any atom is 0.253 e. The van der Waals surface area contributed by atoms with E-state index >= 15 is 0 Å². The van der Waals surface area contributed by atoms with E-state index in [0.29, 0.717) is 42.3 Å². The van der Waals surface area contributed by atoms with Crippen LogP contribution in [-0.2, 0) is 9.53 Å². The van der Waals surface area contributed by atoms with Gasteiger partial charge in [-0.3, -0.25) is 9.59 Å². The highest BCUT2D eigenvalue weighted by Crippen LogP contribution is 2.37. The van der Waals surface area contributed by atoms with Crippen molar-refractivity contribution in [2.75, 3.05) is 52.3 Å². The van der Waals surface area contributed by atoms with E-state index < -0.39 is 6.10 Å². The van der Waals surface area contributed by atoms with Crippen molar-refractivity contribution in [3.8, 4) is 11.5 Å². The van der Waals surface area contributed by atoms with Crippen LogP contribution in [0.5, 0.6) is 11.5 Å². The Balaban J connectivity index is 1.68. The molecule has 2 N–H and O–H groups in total. The van der Waals surface area contributed by atoms with E-state index in [1.165, 1.54) is 33.5 Å². The Morgan fingerprint density at radius 2 is 1.93 bits per heavy atom. The summed E-state index contributed by atoms with van der Waals surface area (Å²) in [6, 6.07) is 3.24. The largest absolute Gasteiger partial charge is 0.493 e. The second-order valence-electron chi connectivity index (χ2n) is 7.41. The fourth-order valence-electron chi connectivity index (χ4n) is 3.80. The lowest BCUT2D eigenvalue weighted by Crippen LogP contribution is -2.37. The Hall–Kier alpha value is -2.32. The number of carbonyl (C=O) groups is 2. The summed E-state index contributed by atoms with van der Waals surface area (Å²) in [7, 11) is 3.00. The highest BCUT2D eigenvalue weighted by Gasteiger charge is 2.26. The molecule has 2 fully saturated rings. The van der Waals surface area contributed by atoms with Gasteiger partial charge >= 0.3 is 0 Å². The number of amides is 2. The number of hydrogen-bond acceptors (Lipinski definition) is 6. The van der Waals surface area contributed by atoms with Gasteiger partial charge in [-0.1, -0.05) is 6.42 Å². The van der Waals surface area contributed by atoms with Gasteiger partial charge in [-0.25, -0.2) is 0 Å². The zero-order chi connectivity index (χ0) is 20.6. The van der Waals surface area contributed by atoms with E-state index in [1.807, 2.05) is 0 Å². The third-order valence-corrected chi connectivity index (χ3v) is 5.38. The summed E-state index contributed by atoms with van der Waals surface area (Å²) < 4.78 is 16.2. The number of nitrogens with one attached hydrogen (secondary N) is 2. The van der Waals surface area contributed by atoms with Crippen molar-refractivity contribution in [3.05, 3.63) is 17.7 Å². The number of ether oxygens (including phenoxy) is 3. The Morgan fingerprint density at radius 3 is 2.59 bits per heavy atom. The standard InChI is InChI=1S/C21H31N3O5/c1-27-18-14-15(20(25)22-8-11-24-9-4-3-5-10-24)13-16(19(18)28-2)23-21(26)17-7-6-12-29-17/h13-14,17H,3-12H2,1-2H3,(H,22,25)(H,23,26). The van der Waals surface area contributed by atoms with Crippen molar-refractivity contribution in [2.45, 2.75) is 38.2 Å². The third kappa shape index (κ3) is 5.61. The van der Waals surface area contributed by atoms with Crippen molar-refractivity contribution in [1.82, 2.24) is 10.2 Å². The van der Waals surface area contributed by atoms with Gasteiger partial charge in [-0.15, -0.1) is 0 Å². The molecule has 8 nitrogen and oxygen atoms in total. The van der Waals surface area contributed by atoms with Crippen LogP contribution in [0.15, 0.2) is 12.1 Å². The van der Waals surface area contributed by atoms with Gasteiger partial charge in [0.25, 0.3) is 11.8 Å². The molecule has 0 bridgehead atoms. The van der Waals surface area contributed by atoms with Gasteiger partial charge < -0.3 is 29.7 Å². The summed E-state index contributed by atoms with van der Waals surface area (Å²) in [5, 5.41) is 5.78. The lowest BCUT2D eigenvalue weighted by molar-refractivity contribution is -0.124. The molecule has 0 radical (unpaired) electrons. The number of methoxy groups -OCH3 is 2. The smallest absolute Gasteiger partial charge is 0.253 e. The van der Waals surface area contributed by atoms with E-state index in [2.05, 4.69) is 15.5 Å². The average molecular weight is 405 g/mol. The van der Waals surface area contributed by atoms with Crippen molar-refractivity contribution in [2.24, 2.45) is 0 Å². The number of rotatable bonds is 8. The molecule has 1 aromatic carbocycles. The number of benzene rings is 1. The van der Waals surface area contributed by atoms with Crippen molar-refractivity contribution in [1.29, 1.82) is 0 Å². The Morgan fingerprint density at radius 1 is 1.14 bits per heavy atom. The third-order valence-electron chi connectivity index (χ3n) is 5.38. The van der Waals surface area contributed by atoms with Gasteiger partial charge in [0.15, 0.2) is 11.5 Å². The molecule has 29 heavy (non-hydrogen) atoms. The van der Waals surface area contributed by atoms with Gasteiger partial charge in [0.05, 0.1) is 19.9 Å². The molecule has 160 valence electrons. The van der Waals surface area contributed by atoms with Crippen LogP contribution < -0.4 is 20.1 Å². The molecule has 2 saturated heterocycles. The minimum Gasteiger partial charge on any atom is -0.493 e. The fourth-order valence-corrected chi connectivity index (χ4v) is 3.80. The highest BCUT2D eigenvalue weighted by atomic mass is 16.5. The molecule has 2 amide bonds. The maximum absolute atomic E-state index is 12.7. The topological polar surface area (TPSA) is 89.1 Å².